The molecular weight excluding hydrogens is 286 g/mol. The molecule has 2 aromatic carbocycles. The average molecular weight is 303 g/mol. The first kappa shape index (κ1) is 13.5. The van der Waals surface area contributed by atoms with Crippen molar-refractivity contribution in [2.75, 3.05) is 0 Å². The normalized spacial score (nSPS) is 13.1. The van der Waals surface area contributed by atoms with Crippen LogP contribution in [0.25, 0.3) is 27.8 Å². The smallest absolute Gasteiger partial charge is 0.124 e. The summed E-state index contributed by atoms with van der Waals surface area (Å²) in [5.41, 5.74) is 6.28. The Morgan fingerprint density at radius 2 is 1.73 bits per heavy atom. The lowest BCUT2D eigenvalue weighted by Crippen LogP contribution is -1.90. The molecular formula is C20H17NS. The van der Waals surface area contributed by atoms with Gasteiger partial charge in [-0.05, 0) is 43.0 Å². The maximum atomic E-state index is 4.84. The molecule has 0 bridgehead atoms. The molecule has 0 amide bonds. The number of nitrogens with zero attached hydrogens (tertiary/aromatic N) is 1. The van der Waals surface area contributed by atoms with Gasteiger partial charge in [0.15, 0.2) is 0 Å². The van der Waals surface area contributed by atoms with E-state index in [1.54, 1.807) is 11.3 Å². The van der Waals surface area contributed by atoms with Crippen LogP contribution >= 0.6 is 11.3 Å². The second kappa shape index (κ2) is 5.54. The number of allylic oxidation sites excluding steroid dienone is 1. The van der Waals surface area contributed by atoms with Crippen LogP contribution in [0.2, 0.25) is 0 Å². The zero-order chi connectivity index (χ0) is 14.9. The molecule has 0 unspecified atom stereocenters. The molecule has 1 heterocycles. The van der Waals surface area contributed by atoms with E-state index in [0.29, 0.717) is 0 Å². The first-order chi connectivity index (χ1) is 10.8. The number of hydrogen-bond acceptors (Lipinski definition) is 2. The summed E-state index contributed by atoms with van der Waals surface area (Å²) in [6.07, 6.45) is 6.64. The summed E-state index contributed by atoms with van der Waals surface area (Å²) in [4.78, 5) is 6.16. The molecule has 0 atom stereocenters. The van der Waals surface area contributed by atoms with Gasteiger partial charge in [-0.2, -0.15) is 0 Å². The van der Waals surface area contributed by atoms with Gasteiger partial charge in [0, 0.05) is 5.56 Å². The fourth-order valence-corrected chi connectivity index (χ4v) is 3.90. The van der Waals surface area contributed by atoms with Gasteiger partial charge in [0.05, 0.1) is 10.6 Å². The fraction of sp³-hybridized carbons (Fsp3) is 0.150. The second-order valence-corrected chi connectivity index (χ2v) is 6.75. The molecule has 0 N–H and O–H groups in total. The van der Waals surface area contributed by atoms with Gasteiger partial charge in [0.1, 0.15) is 5.01 Å². The Kier molecular flexibility index (Phi) is 3.39. The largest absolute Gasteiger partial charge is 0.240 e. The molecule has 0 aliphatic heterocycles. The molecule has 0 saturated carbocycles. The number of hydrogen-bond donors (Lipinski definition) is 0. The molecule has 4 rings (SSSR count). The SMILES string of the molecule is Cc1cccc(-c2cccc(-c3nc4c(s3)C=CCC4)c2)c1. The molecule has 0 saturated heterocycles. The maximum Gasteiger partial charge on any atom is 0.124 e. The van der Waals surface area contributed by atoms with Crippen molar-refractivity contribution < 1.29 is 0 Å². The van der Waals surface area contributed by atoms with Gasteiger partial charge in [0.2, 0.25) is 0 Å². The zero-order valence-corrected chi connectivity index (χ0v) is 13.4. The van der Waals surface area contributed by atoms with Gasteiger partial charge < -0.3 is 0 Å². The van der Waals surface area contributed by atoms with Crippen molar-refractivity contribution in [1.82, 2.24) is 4.98 Å². The standard InChI is InChI=1S/C20H17NS/c1-14-6-4-7-15(12-14)16-8-5-9-17(13-16)20-21-18-10-2-3-11-19(18)22-20/h3-9,11-13H,2,10H2,1H3. The number of fused-ring (bicyclic) bond motifs is 1. The molecule has 1 nitrogen and oxygen atoms in total. The predicted molar refractivity (Wildman–Crippen MR) is 95.1 cm³/mol. The number of thiazole rings is 1. The molecule has 1 aromatic heterocycles. The maximum absolute atomic E-state index is 4.84. The first-order valence-corrected chi connectivity index (χ1v) is 8.45. The summed E-state index contributed by atoms with van der Waals surface area (Å²) in [5.74, 6) is 0. The van der Waals surface area contributed by atoms with E-state index in [0.717, 1.165) is 17.8 Å². The third-order valence-corrected chi connectivity index (χ3v) is 5.12. The van der Waals surface area contributed by atoms with Gasteiger partial charge in [-0.1, -0.05) is 54.1 Å². The lowest BCUT2D eigenvalue weighted by Gasteiger charge is -2.05. The molecule has 0 spiro atoms. The van der Waals surface area contributed by atoms with Crippen molar-refractivity contribution in [2.45, 2.75) is 19.8 Å². The summed E-state index contributed by atoms with van der Waals surface area (Å²) >= 11 is 1.80. The number of aryl methyl sites for hydroxylation is 2. The zero-order valence-electron chi connectivity index (χ0n) is 12.5. The molecule has 1 aliphatic rings. The summed E-state index contributed by atoms with van der Waals surface area (Å²) in [6.45, 7) is 2.13. The molecule has 2 heteroatoms. The van der Waals surface area contributed by atoms with Crippen LogP contribution in [-0.2, 0) is 6.42 Å². The van der Waals surface area contributed by atoms with Crippen molar-refractivity contribution in [1.29, 1.82) is 0 Å². The second-order valence-electron chi connectivity index (χ2n) is 5.72. The molecule has 3 aromatic rings. The molecule has 108 valence electrons. The Labute approximate surface area is 135 Å². The summed E-state index contributed by atoms with van der Waals surface area (Å²) < 4.78 is 0. The van der Waals surface area contributed by atoms with Crippen LogP contribution in [0, 0.1) is 6.92 Å². The lowest BCUT2D eigenvalue weighted by molar-refractivity contribution is 0.947. The molecule has 22 heavy (non-hydrogen) atoms. The Morgan fingerprint density at radius 1 is 0.955 bits per heavy atom. The van der Waals surface area contributed by atoms with Crippen molar-refractivity contribution in [3.8, 4) is 21.7 Å². The van der Waals surface area contributed by atoms with E-state index in [2.05, 4.69) is 67.6 Å². The van der Waals surface area contributed by atoms with E-state index in [1.807, 2.05) is 0 Å². The van der Waals surface area contributed by atoms with E-state index in [-0.39, 0.29) is 0 Å². The fourth-order valence-electron chi connectivity index (χ4n) is 2.86. The highest BCUT2D eigenvalue weighted by Gasteiger charge is 2.13. The third kappa shape index (κ3) is 2.51. The minimum absolute atomic E-state index is 1.07. The summed E-state index contributed by atoms with van der Waals surface area (Å²) in [7, 11) is 0. The van der Waals surface area contributed by atoms with E-state index in [9.17, 15) is 0 Å². The molecule has 0 radical (unpaired) electrons. The van der Waals surface area contributed by atoms with Crippen LogP contribution in [-0.4, -0.2) is 4.98 Å². The van der Waals surface area contributed by atoms with Crippen molar-refractivity contribution in [3.63, 3.8) is 0 Å². The average Bonchev–Trinajstić information content (AvgIpc) is 2.99. The van der Waals surface area contributed by atoms with Gasteiger partial charge in [0.25, 0.3) is 0 Å². The van der Waals surface area contributed by atoms with Crippen LogP contribution in [0.1, 0.15) is 22.6 Å². The Hall–Kier alpha value is -2.19. The Balaban J connectivity index is 1.76. The first-order valence-electron chi connectivity index (χ1n) is 7.63. The van der Waals surface area contributed by atoms with Crippen molar-refractivity contribution in [2.24, 2.45) is 0 Å². The molecule has 0 fully saturated rings. The Morgan fingerprint density at radius 3 is 2.55 bits per heavy atom. The monoisotopic (exact) mass is 303 g/mol. The van der Waals surface area contributed by atoms with Crippen LogP contribution in [0.4, 0.5) is 0 Å². The lowest BCUT2D eigenvalue weighted by atomic mass is 10.0. The van der Waals surface area contributed by atoms with Crippen LogP contribution in [0.15, 0.2) is 54.6 Å². The van der Waals surface area contributed by atoms with Crippen molar-refractivity contribution >= 4 is 17.4 Å². The van der Waals surface area contributed by atoms with Gasteiger partial charge in [-0.3, -0.25) is 0 Å². The summed E-state index contributed by atoms with van der Waals surface area (Å²) in [6, 6.07) is 17.4. The topological polar surface area (TPSA) is 12.9 Å². The number of aromatic nitrogens is 1. The quantitative estimate of drug-likeness (QED) is 0.588. The Bertz CT molecular complexity index is 858. The van der Waals surface area contributed by atoms with E-state index in [1.165, 1.54) is 32.8 Å². The molecule has 1 aliphatic carbocycles. The third-order valence-electron chi connectivity index (χ3n) is 4.01. The highest BCUT2D eigenvalue weighted by atomic mass is 32.1. The van der Waals surface area contributed by atoms with E-state index >= 15 is 0 Å². The van der Waals surface area contributed by atoms with E-state index < -0.39 is 0 Å². The van der Waals surface area contributed by atoms with Crippen LogP contribution in [0.5, 0.6) is 0 Å². The predicted octanol–water partition coefficient (Wildman–Crippen LogP) is 5.74. The van der Waals surface area contributed by atoms with Crippen molar-refractivity contribution in [3.05, 3.63) is 70.7 Å². The van der Waals surface area contributed by atoms with Gasteiger partial charge in [-0.25, -0.2) is 4.98 Å². The van der Waals surface area contributed by atoms with Crippen LogP contribution < -0.4 is 0 Å². The number of benzene rings is 2. The minimum Gasteiger partial charge on any atom is -0.240 e. The number of rotatable bonds is 2. The summed E-state index contributed by atoms with van der Waals surface area (Å²) in [5, 5.41) is 1.13. The highest BCUT2D eigenvalue weighted by Crippen LogP contribution is 2.33. The van der Waals surface area contributed by atoms with Gasteiger partial charge in [-0.15, -0.1) is 11.3 Å². The minimum atomic E-state index is 1.07. The highest BCUT2D eigenvalue weighted by molar-refractivity contribution is 7.16. The van der Waals surface area contributed by atoms with E-state index in [4.69, 9.17) is 4.98 Å². The van der Waals surface area contributed by atoms with Gasteiger partial charge >= 0.3 is 0 Å². The van der Waals surface area contributed by atoms with Crippen LogP contribution in [0.3, 0.4) is 0 Å².